The zero-order valence-electron chi connectivity index (χ0n) is 13.0. The number of nitrogens with zero attached hydrogens (tertiary/aromatic N) is 1. The van der Waals surface area contributed by atoms with Crippen LogP contribution in [0.15, 0.2) is 41.3 Å². The van der Waals surface area contributed by atoms with E-state index in [0.29, 0.717) is 0 Å². The van der Waals surface area contributed by atoms with Crippen molar-refractivity contribution in [2.45, 2.75) is 26.8 Å². The number of amides is 1. The molecule has 6 nitrogen and oxygen atoms in total. The topological polar surface area (TPSA) is 88.4 Å². The fourth-order valence-corrected chi connectivity index (χ4v) is 2.32. The number of para-hydroxylation sites is 1. The lowest BCUT2D eigenvalue weighted by molar-refractivity contribution is -0.116. The molecule has 1 amide bonds. The number of aryl methyl sites for hydroxylation is 2. The van der Waals surface area contributed by atoms with Crippen LogP contribution in [0.5, 0.6) is 0 Å². The lowest BCUT2D eigenvalue weighted by atomic mass is 10.1. The summed E-state index contributed by atoms with van der Waals surface area (Å²) >= 11 is 0. The highest BCUT2D eigenvalue weighted by atomic mass is 16.4. The van der Waals surface area contributed by atoms with Crippen molar-refractivity contribution < 1.29 is 14.7 Å². The van der Waals surface area contributed by atoms with Gasteiger partial charge in [0.1, 0.15) is 6.54 Å². The van der Waals surface area contributed by atoms with Gasteiger partial charge >= 0.3 is 5.97 Å². The van der Waals surface area contributed by atoms with E-state index in [1.807, 2.05) is 32.0 Å². The average molecular weight is 314 g/mol. The van der Waals surface area contributed by atoms with Gasteiger partial charge in [-0.2, -0.15) is 0 Å². The molecule has 0 radical (unpaired) electrons. The van der Waals surface area contributed by atoms with E-state index in [1.54, 1.807) is 0 Å². The van der Waals surface area contributed by atoms with E-state index in [2.05, 4.69) is 5.32 Å². The first-order valence-electron chi connectivity index (χ1n) is 7.24. The minimum absolute atomic E-state index is 0.0393. The Morgan fingerprint density at radius 3 is 2.61 bits per heavy atom. The summed E-state index contributed by atoms with van der Waals surface area (Å²) in [5, 5.41) is 11.8. The van der Waals surface area contributed by atoms with Crippen LogP contribution in [-0.2, 0) is 17.8 Å². The van der Waals surface area contributed by atoms with Gasteiger partial charge in [0.25, 0.3) is 5.56 Å². The normalized spacial score (nSPS) is 10.3. The molecule has 0 atom stereocenters. The number of aromatic carboxylic acids is 1. The van der Waals surface area contributed by atoms with Crippen LogP contribution in [0.3, 0.4) is 0 Å². The van der Waals surface area contributed by atoms with Crippen LogP contribution in [0.1, 0.15) is 28.4 Å². The molecule has 23 heavy (non-hydrogen) atoms. The molecule has 2 aromatic rings. The summed E-state index contributed by atoms with van der Waals surface area (Å²) in [6, 6.07) is 8.11. The Balaban J connectivity index is 2.23. The van der Waals surface area contributed by atoms with Crippen LogP contribution in [0.25, 0.3) is 0 Å². The molecule has 0 fully saturated rings. The van der Waals surface area contributed by atoms with Crippen molar-refractivity contribution in [2.24, 2.45) is 0 Å². The van der Waals surface area contributed by atoms with E-state index in [9.17, 15) is 14.4 Å². The molecule has 120 valence electrons. The second-order valence-corrected chi connectivity index (χ2v) is 5.20. The Morgan fingerprint density at radius 2 is 1.96 bits per heavy atom. The van der Waals surface area contributed by atoms with Gasteiger partial charge in [0.15, 0.2) is 0 Å². The number of pyridine rings is 1. The van der Waals surface area contributed by atoms with Gasteiger partial charge in [-0.25, -0.2) is 4.79 Å². The number of rotatable bonds is 5. The number of hydrogen-bond acceptors (Lipinski definition) is 3. The first-order valence-corrected chi connectivity index (χ1v) is 7.24. The monoisotopic (exact) mass is 314 g/mol. The van der Waals surface area contributed by atoms with Crippen LogP contribution in [0.2, 0.25) is 0 Å². The number of carboxylic acid groups (broad SMARTS) is 1. The summed E-state index contributed by atoms with van der Waals surface area (Å²) in [5.41, 5.74) is 2.21. The Hall–Kier alpha value is -2.89. The Bertz CT molecular complexity index is 808. The number of hydrogen-bond donors (Lipinski definition) is 2. The van der Waals surface area contributed by atoms with Crippen molar-refractivity contribution in [1.29, 1.82) is 0 Å². The number of benzene rings is 1. The first kappa shape index (κ1) is 16.5. The SMILES string of the molecule is CCc1cccc(C)c1NC(=O)Cn1cc(C(=O)O)ccc1=O. The van der Waals surface area contributed by atoms with Crippen molar-refractivity contribution in [2.75, 3.05) is 5.32 Å². The molecule has 1 aromatic carbocycles. The zero-order valence-corrected chi connectivity index (χ0v) is 13.0. The standard InChI is InChI=1S/C17H18N2O4/c1-3-12-6-4-5-11(2)16(12)18-14(20)10-19-9-13(17(22)23)7-8-15(19)21/h4-9H,3,10H2,1-2H3,(H,18,20)(H,22,23). The molecule has 6 heteroatoms. The highest BCUT2D eigenvalue weighted by molar-refractivity contribution is 5.92. The van der Waals surface area contributed by atoms with Gasteiger partial charge in [0.2, 0.25) is 5.91 Å². The summed E-state index contributed by atoms with van der Waals surface area (Å²) in [5.74, 6) is -1.52. The maximum atomic E-state index is 12.2. The van der Waals surface area contributed by atoms with Crippen LogP contribution in [0, 0.1) is 6.92 Å². The maximum Gasteiger partial charge on any atom is 0.337 e. The van der Waals surface area contributed by atoms with E-state index in [-0.39, 0.29) is 18.0 Å². The third-order valence-corrected chi connectivity index (χ3v) is 3.55. The lowest BCUT2D eigenvalue weighted by Crippen LogP contribution is -2.28. The summed E-state index contributed by atoms with van der Waals surface area (Å²) < 4.78 is 1.09. The Labute approximate surface area is 133 Å². The van der Waals surface area contributed by atoms with Crippen molar-refractivity contribution in [3.05, 3.63) is 63.6 Å². The number of carboxylic acids is 1. The third-order valence-electron chi connectivity index (χ3n) is 3.55. The quantitative estimate of drug-likeness (QED) is 0.884. The number of carbonyl (C=O) groups is 2. The van der Waals surface area contributed by atoms with Gasteiger partial charge < -0.3 is 15.0 Å². The Morgan fingerprint density at radius 1 is 1.22 bits per heavy atom. The predicted molar refractivity (Wildman–Crippen MR) is 86.8 cm³/mol. The maximum absolute atomic E-state index is 12.2. The molecular formula is C17H18N2O4. The van der Waals surface area contributed by atoms with Gasteiger partial charge in [-0.15, -0.1) is 0 Å². The molecule has 1 heterocycles. The second kappa shape index (κ2) is 6.91. The van der Waals surface area contributed by atoms with Crippen molar-refractivity contribution in [3.8, 4) is 0 Å². The largest absolute Gasteiger partial charge is 0.478 e. The highest BCUT2D eigenvalue weighted by Gasteiger charge is 2.11. The van der Waals surface area contributed by atoms with Gasteiger partial charge in [-0.1, -0.05) is 25.1 Å². The minimum atomic E-state index is -1.15. The first-order chi connectivity index (χ1) is 10.9. The summed E-state index contributed by atoms with van der Waals surface area (Å²) in [6.07, 6.45) is 1.94. The smallest absolute Gasteiger partial charge is 0.337 e. The number of nitrogens with one attached hydrogen (secondary N) is 1. The minimum Gasteiger partial charge on any atom is -0.478 e. The molecule has 0 saturated carbocycles. The predicted octanol–water partition coefficient (Wildman–Crippen LogP) is 2.06. The summed E-state index contributed by atoms with van der Waals surface area (Å²) in [6.45, 7) is 3.65. The number of aromatic nitrogens is 1. The average Bonchev–Trinajstić information content (AvgIpc) is 2.51. The van der Waals surface area contributed by atoms with Gasteiger partial charge in [0, 0.05) is 18.0 Å². The molecule has 1 aromatic heterocycles. The lowest BCUT2D eigenvalue weighted by Gasteiger charge is -2.13. The highest BCUT2D eigenvalue weighted by Crippen LogP contribution is 2.20. The van der Waals surface area contributed by atoms with Crippen LogP contribution >= 0.6 is 0 Å². The van der Waals surface area contributed by atoms with Crippen LogP contribution < -0.4 is 10.9 Å². The summed E-state index contributed by atoms with van der Waals surface area (Å²) in [4.78, 5) is 34.9. The van der Waals surface area contributed by atoms with E-state index in [4.69, 9.17) is 5.11 Å². The number of anilines is 1. The van der Waals surface area contributed by atoms with Crippen molar-refractivity contribution >= 4 is 17.6 Å². The molecule has 0 aliphatic rings. The van der Waals surface area contributed by atoms with E-state index in [0.717, 1.165) is 33.9 Å². The van der Waals surface area contributed by atoms with Gasteiger partial charge in [-0.05, 0) is 30.5 Å². The van der Waals surface area contributed by atoms with Crippen LogP contribution in [0.4, 0.5) is 5.69 Å². The molecule has 0 aliphatic carbocycles. The van der Waals surface area contributed by atoms with Gasteiger partial charge in [0.05, 0.1) is 5.56 Å². The molecule has 2 rings (SSSR count). The molecule has 0 bridgehead atoms. The van der Waals surface area contributed by atoms with E-state index < -0.39 is 11.5 Å². The Kier molecular flexibility index (Phi) is 4.95. The summed E-state index contributed by atoms with van der Waals surface area (Å²) in [7, 11) is 0. The molecule has 0 unspecified atom stereocenters. The molecule has 2 N–H and O–H groups in total. The fraction of sp³-hybridized carbons (Fsp3) is 0.235. The van der Waals surface area contributed by atoms with E-state index >= 15 is 0 Å². The third kappa shape index (κ3) is 3.85. The molecule has 0 aliphatic heterocycles. The van der Waals surface area contributed by atoms with Crippen molar-refractivity contribution in [1.82, 2.24) is 4.57 Å². The molecule has 0 saturated heterocycles. The van der Waals surface area contributed by atoms with E-state index in [1.165, 1.54) is 12.3 Å². The molecular weight excluding hydrogens is 296 g/mol. The second-order valence-electron chi connectivity index (χ2n) is 5.20. The fourth-order valence-electron chi connectivity index (χ4n) is 2.32. The van der Waals surface area contributed by atoms with Crippen LogP contribution in [-0.4, -0.2) is 21.6 Å². The zero-order chi connectivity index (χ0) is 17.0. The molecule has 0 spiro atoms. The van der Waals surface area contributed by atoms with Crippen molar-refractivity contribution in [3.63, 3.8) is 0 Å². The number of carbonyl (C=O) groups excluding carboxylic acids is 1. The van der Waals surface area contributed by atoms with Gasteiger partial charge in [-0.3, -0.25) is 9.59 Å².